The summed E-state index contributed by atoms with van der Waals surface area (Å²) in [6.07, 6.45) is -2.73. The average Bonchev–Trinajstić information content (AvgIpc) is 2.16. The second-order valence-corrected chi connectivity index (χ2v) is 3.52. The number of aromatic nitrogens is 1. The van der Waals surface area contributed by atoms with Crippen molar-refractivity contribution in [2.45, 2.75) is 18.4 Å². The maximum atomic E-state index is 12.5. The Labute approximate surface area is 93.0 Å². The zero-order valence-corrected chi connectivity index (χ0v) is 9.32. The molecule has 1 aromatic rings. The van der Waals surface area contributed by atoms with Crippen LogP contribution in [-0.2, 0) is 11.9 Å². The highest BCUT2D eigenvalue weighted by molar-refractivity contribution is 9.08. The van der Waals surface area contributed by atoms with Crippen LogP contribution in [-0.4, -0.2) is 10.1 Å². The molecule has 0 aliphatic carbocycles. The van der Waals surface area contributed by atoms with Crippen LogP contribution >= 0.6 is 27.5 Å². The lowest BCUT2D eigenvalue weighted by molar-refractivity contribution is 0.141. The van der Waals surface area contributed by atoms with Crippen molar-refractivity contribution in [1.29, 1.82) is 0 Å². The fourth-order valence-corrected chi connectivity index (χ4v) is 1.59. The van der Waals surface area contributed by atoms with Crippen molar-refractivity contribution in [2.24, 2.45) is 0 Å². The third-order valence-corrected chi connectivity index (χ3v) is 2.57. The minimum Gasteiger partial charge on any atom is -0.392 e. The Hall–Kier alpha value is -0.260. The Bertz CT molecular complexity index is 335. The molecular formula is C8H7BrClF2NO. The molecule has 14 heavy (non-hydrogen) atoms. The lowest BCUT2D eigenvalue weighted by atomic mass is 10.2. The van der Waals surface area contributed by atoms with E-state index in [1.807, 2.05) is 0 Å². The van der Waals surface area contributed by atoms with E-state index in [4.69, 9.17) is 16.7 Å². The molecule has 0 spiro atoms. The van der Waals surface area contributed by atoms with Gasteiger partial charge in [-0.3, -0.25) is 4.98 Å². The molecule has 0 saturated heterocycles. The van der Waals surface area contributed by atoms with Gasteiger partial charge in [-0.1, -0.05) is 27.5 Å². The second-order valence-electron chi connectivity index (χ2n) is 2.55. The smallest absolute Gasteiger partial charge is 0.280 e. The third-order valence-electron chi connectivity index (χ3n) is 1.66. The van der Waals surface area contributed by atoms with Crippen molar-refractivity contribution >= 4 is 27.5 Å². The molecular weight excluding hydrogens is 279 g/mol. The van der Waals surface area contributed by atoms with Crippen LogP contribution in [0.1, 0.15) is 23.4 Å². The first-order chi connectivity index (χ1) is 6.60. The standard InChI is InChI=1S/C8H7BrClF2NO/c9-2-4-1-6(10)5(3-14)7(13-4)8(11)12/h1,8,14H,2-3H2. The van der Waals surface area contributed by atoms with Crippen LogP contribution < -0.4 is 0 Å². The summed E-state index contributed by atoms with van der Waals surface area (Å²) in [6, 6.07) is 1.45. The third kappa shape index (κ3) is 2.40. The summed E-state index contributed by atoms with van der Waals surface area (Å²) < 4.78 is 24.9. The monoisotopic (exact) mass is 285 g/mol. The van der Waals surface area contributed by atoms with E-state index in [1.54, 1.807) is 0 Å². The number of hydrogen-bond donors (Lipinski definition) is 1. The van der Waals surface area contributed by atoms with E-state index in [2.05, 4.69) is 20.9 Å². The van der Waals surface area contributed by atoms with Gasteiger partial charge in [0.25, 0.3) is 6.43 Å². The first-order valence-corrected chi connectivity index (χ1v) is 5.23. The van der Waals surface area contributed by atoms with Gasteiger partial charge in [0.2, 0.25) is 0 Å². The Balaban J connectivity index is 3.28. The number of aliphatic hydroxyl groups excluding tert-OH is 1. The molecule has 1 rings (SSSR count). The second kappa shape index (κ2) is 5.00. The lowest BCUT2D eigenvalue weighted by Gasteiger charge is -2.09. The summed E-state index contributed by atoms with van der Waals surface area (Å²) in [7, 11) is 0. The first kappa shape index (κ1) is 11.8. The van der Waals surface area contributed by atoms with Crippen molar-refractivity contribution in [2.75, 3.05) is 0 Å². The summed E-state index contributed by atoms with van der Waals surface area (Å²) in [5, 5.41) is 9.31. The van der Waals surface area contributed by atoms with Gasteiger partial charge in [0.15, 0.2) is 0 Å². The van der Waals surface area contributed by atoms with Gasteiger partial charge in [-0.15, -0.1) is 0 Å². The highest BCUT2D eigenvalue weighted by Gasteiger charge is 2.18. The quantitative estimate of drug-likeness (QED) is 0.866. The predicted octanol–water partition coefficient (Wildman–Crippen LogP) is 3.06. The number of nitrogens with zero attached hydrogens (tertiary/aromatic N) is 1. The van der Waals surface area contributed by atoms with E-state index in [1.165, 1.54) is 6.07 Å². The normalized spacial score (nSPS) is 11.0. The van der Waals surface area contributed by atoms with Gasteiger partial charge in [0.1, 0.15) is 5.69 Å². The molecule has 1 N–H and O–H groups in total. The van der Waals surface area contributed by atoms with Gasteiger partial charge in [-0.25, -0.2) is 8.78 Å². The molecule has 78 valence electrons. The summed E-state index contributed by atoms with van der Waals surface area (Å²) in [5.41, 5.74) is -0.0386. The first-order valence-electron chi connectivity index (χ1n) is 3.73. The number of alkyl halides is 3. The molecule has 0 aliphatic rings. The summed E-state index contributed by atoms with van der Waals surface area (Å²) in [6.45, 7) is -0.534. The van der Waals surface area contributed by atoms with Gasteiger partial charge >= 0.3 is 0 Å². The van der Waals surface area contributed by atoms with Crippen LogP contribution in [0.3, 0.4) is 0 Å². The van der Waals surface area contributed by atoms with Crippen molar-refractivity contribution < 1.29 is 13.9 Å². The van der Waals surface area contributed by atoms with Crippen molar-refractivity contribution in [3.05, 3.63) is 28.0 Å². The van der Waals surface area contributed by atoms with Gasteiger partial charge in [-0.05, 0) is 6.07 Å². The fourth-order valence-electron chi connectivity index (χ4n) is 1.02. The van der Waals surface area contributed by atoms with Crippen LogP contribution in [0.15, 0.2) is 6.07 Å². The minimum absolute atomic E-state index is 0.00799. The molecule has 0 fully saturated rings. The Morgan fingerprint density at radius 2 is 2.21 bits per heavy atom. The van der Waals surface area contributed by atoms with Crippen LogP contribution in [0.4, 0.5) is 8.78 Å². The highest BCUT2D eigenvalue weighted by Crippen LogP contribution is 2.28. The molecule has 1 heterocycles. The topological polar surface area (TPSA) is 33.1 Å². The predicted molar refractivity (Wildman–Crippen MR) is 52.8 cm³/mol. The van der Waals surface area contributed by atoms with Crippen molar-refractivity contribution in [3.8, 4) is 0 Å². The molecule has 0 aromatic carbocycles. The molecule has 0 radical (unpaired) electrons. The van der Waals surface area contributed by atoms with E-state index >= 15 is 0 Å². The van der Waals surface area contributed by atoms with Gasteiger partial charge in [0.05, 0.1) is 12.3 Å². The fraction of sp³-hybridized carbons (Fsp3) is 0.375. The molecule has 0 amide bonds. The maximum Gasteiger partial charge on any atom is 0.280 e. The Kier molecular flexibility index (Phi) is 4.22. The number of rotatable bonds is 3. The van der Waals surface area contributed by atoms with E-state index in [0.29, 0.717) is 11.0 Å². The summed E-state index contributed by atoms with van der Waals surface area (Å²) >= 11 is 8.80. The van der Waals surface area contributed by atoms with Crippen LogP contribution in [0.2, 0.25) is 5.02 Å². The molecule has 0 atom stereocenters. The van der Waals surface area contributed by atoms with Gasteiger partial charge in [-0.2, -0.15) is 0 Å². The molecule has 6 heteroatoms. The highest BCUT2D eigenvalue weighted by atomic mass is 79.9. The number of aliphatic hydroxyl groups is 1. The molecule has 0 bridgehead atoms. The molecule has 0 saturated carbocycles. The Morgan fingerprint density at radius 3 is 2.64 bits per heavy atom. The number of pyridine rings is 1. The van der Waals surface area contributed by atoms with Crippen molar-refractivity contribution in [1.82, 2.24) is 4.98 Å². The maximum absolute atomic E-state index is 12.5. The zero-order chi connectivity index (χ0) is 10.7. The number of halogens is 4. The Morgan fingerprint density at radius 1 is 1.57 bits per heavy atom. The average molecular weight is 287 g/mol. The SMILES string of the molecule is OCc1c(Cl)cc(CBr)nc1C(F)F. The number of hydrogen-bond acceptors (Lipinski definition) is 2. The van der Waals surface area contributed by atoms with Crippen molar-refractivity contribution in [3.63, 3.8) is 0 Å². The van der Waals surface area contributed by atoms with Gasteiger partial charge < -0.3 is 5.11 Å². The van der Waals surface area contributed by atoms with E-state index in [0.717, 1.165) is 0 Å². The largest absolute Gasteiger partial charge is 0.392 e. The molecule has 0 aliphatic heterocycles. The van der Waals surface area contributed by atoms with E-state index in [9.17, 15) is 8.78 Å². The molecule has 1 aromatic heterocycles. The minimum atomic E-state index is -2.73. The lowest BCUT2D eigenvalue weighted by Crippen LogP contribution is -2.02. The molecule has 2 nitrogen and oxygen atoms in total. The van der Waals surface area contributed by atoms with Crippen LogP contribution in [0, 0.1) is 0 Å². The van der Waals surface area contributed by atoms with Gasteiger partial charge in [0, 0.05) is 15.9 Å². The molecule has 0 unspecified atom stereocenters. The van der Waals surface area contributed by atoms with Crippen LogP contribution in [0.25, 0.3) is 0 Å². The van der Waals surface area contributed by atoms with E-state index < -0.39 is 18.7 Å². The van der Waals surface area contributed by atoms with Crippen LogP contribution in [0.5, 0.6) is 0 Å². The zero-order valence-electron chi connectivity index (χ0n) is 6.98. The summed E-state index contributed by atoms with van der Waals surface area (Å²) in [4.78, 5) is 3.68. The summed E-state index contributed by atoms with van der Waals surface area (Å²) in [5.74, 6) is 0. The van der Waals surface area contributed by atoms with E-state index in [-0.39, 0.29) is 10.6 Å².